The summed E-state index contributed by atoms with van der Waals surface area (Å²) in [4.78, 5) is 36.3. The predicted molar refractivity (Wildman–Crippen MR) is 134 cm³/mol. The number of rotatable bonds is 5. The van der Waals surface area contributed by atoms with Gasteiger partial charge in [-0.25, -0.2) is 14.6 Å². The number of aromatic nitrogens is 3. The second-order valence-electron chi connectivity index (χ2n) is 8.50. The minimum absolute atomic E-state index is 0.0884. The molecule has 1 aliphatic heterocycles. The highest BCUT2D eigenvalue weighted by molar-refractivity contribution is 7.99. The fourth-order valence-corrected chi connectivity index (χ4v) is 5.43. The maximum absolute atomic E-state index is 13.7. The number of likely N-dealkylation sites (tertiary alicyclic amines) is 1. The Morgan fingerprint density at radius 1 is 1.06 bits per heavy atom. The molecule has 0 radical (unpaired) electrons. The lowest BCUT2D eigenvalue weighted by Gasteiger charge is -2.33. The zero-order chi connectivity index (χ0) is 23.5. The third-order valence-electron chi connectivity index (χ3n) is 6.49. The van der Waals surface area contributed by atoms with E-state index in [0.717, 1.165) is 29.6 Å². The first-order valence-corrected chi connectivity index (χ1v) is 12.4. The van der Waals surface area contributed by atoms with Crippen LogP contribution in [0.3, 0.4) is 0 Å². The molecule has 0 aliphatic carbocycles. The lowest BCUT2D eigenvalue weighted by molar-refractivity contribution is -0.781. The molecule has 0 spiro atoms. The van der Waals surface area contributed by atoms with E-state index in [9.17, 15) is 9.59 Å². The van der Waals surface area contributed by atoms with Crippen molar-refractivity contribution in [1.29, 1.82) is 0 Å². The van der Waals surface area contributed by atoms with E-state index in [-0.39, 0.29) is 28.2 Å². The maximum Gasteiger partial charge on any atom is 0.428 e. The minimum Gasteiger partial charge on any atom is -0.322 e. The number of para-hydroxylation sites is 4. The first kappa shape index (κ1) is 22.3. The quantitative estimate of drug-likeness (QED) is 0.316. The van der Waals surface area contributed by atoms with Gasteiger partial charge in [0.2, 0.25) is 0 Å². The fourth-order valence-electron chi connectivity index (χ4n) is 4.64. The molecule has 4 aromatic rings. The van der Waals surface area contributed by atoms with Crippen molar-refractivity contribution in [3.63, 3.8) is 0 Å². The molecule has 34 heavy (non-hydrogen) atoms. The predicted octanol–water partition coefficient (Wildman–Crippen LogP) is 5.27. The van der Waals surface area contributed by atoms with Crippen molar-refractivity contribution in [2.45, 2.75) is 30.8 Å². The maximum atomic E-state index is 13.7. The summed E-state index contributed by atoms with van der Waals surface area (Å²) in [6, 6.07) is 18.8. The number of nitrogens with zero attached hydrogens (tertiary/aromatic N) is 4. The third kappa shape index (κ3) is 4.10. The number of hydrogen-bond acceptors (Lipinski definition) is 5. The number of fused-ring (bicyclic) bond motifs is 1. The van der Waals surface area contributed by atoms with E-state index in [0.29, 0.717) is 17.3 Å². The number of quaternary nitrogens is 1. The van der Waals surface area contributed by atoms with Crippen LogP contribution in [0, 0.1) is 0 Å². The Balaban J connectivity index is 1.37. The highest BCUT2D eigenvalue weighted by atomic mass is 32.2. The number of imide groups is 1. The molecule has 2 aromatic carbocycles. The van der Waals surface area contributed by atoms with Crippen LogP contribution in [0.4, 0.5) is 10.5 Å². The summed E-state index contributed by atoms with van der Waals surface area (Å²) in [5.74, 6) is 0.0465. The van der Waals surface area contributed by atoms with Gasteiger partial charge in [0, 0.05) is 25.2 Å². The average molecular weight is 473 g/mol. The first-order valence-electron chi connectivity index (χ1n) is 11.4. The molecule has 8 heteroatoms. The van der Waals surface area contributed by atoms with Crippen molar-refractivity contribution in [3.05, 3.63) is 79.3 Å². The van der Waals surface area contributed by atoms with Gasteiger partial charge in [0.1, 0.15) is 16.8 Å². The van der Waals surface area contributed by atoms with Gasteiger partial charge in [0.05, 0.1) is 35.1 Å². The Morgan fingerprint density at radius 3 is 2.56 bits per heavy atom. The Labute approximate surface area is 202 Å². The standard InChI is InChI=1S/C26H25N5O2S/c1-19-9-8-16-31(19,25(32)18-34-24-17-27-20-10-2-3-11-21(20)28-24)26(33)29-22-12-4-5-13-23(22)30-14-6-7-15-30/h2-7,10-15,17,19H,8-9,16,18H2,1H3/p+1/t19-,31?/m1/s1. The van der Waals surface area contributed by atoms with E-state index in [4.69, 9.17) is 0 Å². The second-order valence-corrected chi connectivity index (χ2v) is 9.50. The van der Waals surface area contributed by atoms with Gasteiger partial charge in [-0.1, -0.05) is 36.0 Å². The molecule has 2 aromatic heterocycles. The van der Waals surface area contributed by atoms with Crippen LogP contribution in [0.15, 0.2) is 84.3 Å². The van der Waals surface area contributed by atoms with Crippen LogP contribution in [0.2, 0.25) is 0 Å². The Morgan fingerprint density at radius 2 is 1.79 bits per heavy atom. The van der Waals surface area contributed by atoms with Crippen LogP contribution < -0.4 is 5.32 Å². The van der Waals surface area contributed by atoms with Gasteiger partial charge in [-0.15, -0.1) is 0 Å². The van der Waals surface area contributed by atoms with Gasteiger partial charge in [0.25, 0.3) is 0 Å². The number of carbonyl (C=O) groups is 2. The molecule has 5 rings (SSSR count). The summed E-state index contributed by atoms with van der Waals surface area (Å²) in [5, 5.41) is 3.75. The SMILES string of the molecule is C[C@@H]1CCC[N+]1(C(=O)CSc1cnc2ccccc2n1)C(=O)Nc1ccccc1-n1cccc1. The van der Waals surface area contributed by atoms with Crippen LogP contribution in [-0.2, 0) is 4.79 Å². The second kappa shape index (κ2) is 9.40. The molecule has 0 bridgehead atoms. The summed E-state index contributed by atoms with van der Waals surface area (Å²) in [6.45, 7) is 2.49. The van der Waals surface area contributed by atoms with Crippen LogP contribution >= 0.6 is 11.8 Å². The van der Waals surface area contributed by atoms with Crippen molar-refractivity contribution >= 4 is 40.4 Å². The molecule has 2 atom stereocenters. The topological polar surface area (TPSA) is 76.9 Å². The van der Waals surface area contributed by atoms with Crippen LogP contribution in [-0.4, -0.2) is 49.3 Å². The number of anilines is 1. The number of nitrogens with one attached hydrogen (secondary N) is 1. The number of thioether (sulfide) groups is 1. The lowest BCUT2D eigenvalue weighted by Crippen LogP contribution is -2.61. The molecule has 172 valence electrons. The molecule has 1 saturated heterocycles. The van der Waals surface area contributed by atoms with E-state index in [2.05, 4.69) is 15.3 Å². The number of carbonyl (C=O) groups excluding carboxylic acids is 2. The van der Waals surface area contributed by atoms with Crippen molar-refractivity contribution in [2.24, 2.45) is 0 Å². The number of urea groups is 1. The molecule has 1 fully saturated rings. The molecule has 1 N–H and O–H groups in total. The smallest absolute Gasteiger partial charge is 0.322 e. The largest absolute Gasteiger partial charge is 0.428 e. The van der Waals surface area contributed by atoms with Crippen molar-refractivity contribution in [2.75, 3.05) is 17.6 Å². The van der Waals surface area contributed by atoms with Gasteiger partial charge in [0.15, 0.2) is 0 Å². The molecule has 3 amide bonds. The number of amides is 3. The zero-order valence-corrected chi connectivity index (χ0v) is 19.7. The van der Waals surface area contributed by atoms with Crippen molar-refractivity contribution < 1.29 is 14.1 Å². The Hall–Kier alpha value is -3.49. The average Bonchev–Trinajstić information content (AvgIpc) is 3.53. The van der Waals surface area contributed by atoms with Gasteiger partial charge < -0.3 is 4.57 Å². The fraction of sp³-hybridized carbons (Fsp3) is 0.231. The van der Waals surface area contributed by atoms with Gasteiger partial charge in [-0.05, 0) is 43.3 Å². The first-order chi connectivity index (χ1) is 16.6. The van der Waals surface area contributed by atoms with Crippen LogP contribution in [0.1, 0.15) is 19.8 Å². The van der Waals surface area contributed by atoms with E-state index in [1.165, 1.54) is 11.8 Å². The normalized spacial score (nSPS) is 19.9. The molecule has 1 aliphatic rings. The summed E-state index contributed by atoms with van der Waals surface area (Å²) >= 11 is 1.33. The Bertz CT molecular complexity index is 1340. The summed E-state index contributed by atoms with van der Waals surface area (Å²) in [7, 11) is 0. The summed E-state index contributed by atoms with van der Waals surface area (Å²) < 4.78 is 1.75. The lowest BCUT2D eigenvalue weighted by atomic mass is 10.2. The van der Waals surface area contributed by atoms with Gasteiger partial charge in [-0.2, -0.15) is 4.48 Å². The molecule has 7 nitrogen and oxygen atoms in total. The molecular weight excluding hydrogens is 446 g/mol. The summed E-state index contributed by atoms with van der Waals surface area (Å²) in [6.07, 6.45) is 7.21. The van der Waals surface area contributed by atoms with Gasteiger partial charge >= 0.3 is 11.9 Å². The molecule has 0 saturated carbocycles. The molecular formula is C26H26N5O2S+. The van der Waals surface area contributed by atoms with Crippen molar-refractivity contribution in [1.82, 2.24) is 14.5 Å². The number of benzene rings is 2. The van der Waals surface area contributed by atoms with Crippen molar-refractivity contribution in [3.8, 4) is 5.69 Å². The van der Waals surface area contributed by atoms with Gasteiger partial charge in [-0.3, -0.25) is 10.3 Å². The highest BCUT2D eigenvalue weighted by Gasteiger charge is 2.52. The molecule has 1 unspecified atom stereocenters. The van der Waals surface area contributed by atoms with Crippen LogP contribution in [0.5, 0.6) is 0 Å². The van der Waals surface area contributed by atoms with Crippen LogP contribution in [0.25, 0.3) is 16.7 Å². The highest BCUT2D eigenvalue weighted by Crippen LogP contribution is 2.32. The number of hydrogen-bond donors (Lipinski definition) is 1. The third-order valence-corrected chi connectivity index (χ3v) is 7.37. The van der Waals surface area contributed by atoms with E-state index in [1.807, 2.05) is 84.5 Å². The van der Waals surface area contributed by atoms with E-state index in [1.54, 1.807) is 6.20 Å². The monoisotopic (exact) mass is 472 g/mol. The zero-order valence-electron chi connectivity index (χ0n) is 18.9. The minimum atomic E-state index is -0.278. The Kier molecular flexibility index (Phi) is 6.17. The van der Waals surface area contributed by atoms with E-state index >= 15 is 0 Å². The summed E-state index contributed by atoms with van der Waals surface area (Å²) in [5.41, 5.74) is 3.15. The molecule has 3 heterocycles. The van der Waals surface area contributed by atoms with E-state index < -0.39 is 0 Å².